The summed E-state index contributed by atoms with van der Waals surface area (Å²) >= 11 is 0. The van der Waals surface area contributed by atoms with Gasteiger partial charge in [0, 0.05) is 35.7 Å². The summed E-state index contributed by atoms with van der Waals surface area (Å²) in [4.78, 5) is 58.4. The molecule has 2 saturated heterocycles. The van der Waals surface area contributed by atoms with E-state index in [2.05, 4.69) is 15.6 Å². The lowest BCUT2D eigenvalue weighted by atomic mass is 9.76. The van der Waals surface area contributed by atoms with Crippen LogP contribution >= 0.6 is 0 Å². The third kappa shape index (κ3) is 9.23. The van der Waals surface area contributed by atoms with Crippen LogP contribution in [-0.2, 0) is 23.8 Å². The van der Waals surface area contributed by atoms with Crippen LogP contribution in [0.5, 0.6) is 0 Å². The summed E-state index contributed by atoms with van der Waals surface area (Å²) in [6.45, 7) is 6.06. The first kappa shape index (κ1) is 37.1. The van der Waals surface area contributed by atoms with Crippen molar-refractivity contribution in [3.05, 3.63) is 30.0 Å². The smallest absolute Gasteiger partial charge is 0.407 e. The molecule has 0 radical (unpaired) electrons. The number of benzene rings is 1. The topological polar surface area (TPSA) is 139 Å². The monoisotopic (exact) mass is 710 g/mol. The molecular formula is C39H55FN4O7. The molecule has 3 amide bonds. The number of H-pyrrole nitrogens is 1. The molecule has 11 nitrogen and oxygen atoms in total. The molecular weight excluding hydrogens is 655 g/mol. The molecule has 1 aromatic carbocycles. The van der Waals surface area contributed by atoms with Crippen molar-refractivity contribution >= 4 is 40.5 Å². The van der Waals surface area contributed by atoms with Crippen LogP contribution < -0.4 is 10.6 Å². The molecule has 3 N–H and O–H groups in total. The Hall–Kier alpha value is -3.67. The van der Waals surface area contributed by atoms with E-state index in [1.165, 1.54) is 6.42 Å². The number of likely N-dealkylation sites (tertiary alicyclic amines) is 1. The number of nitrogens with one attached hydrogen (secondary N) is 3. The van der Waals surface area contributed by atoms with Crippen molar-refractivity contribution < 1.29 is 37.8 Å². The van der Waals surface area contributed by atoms with Crippen LogP contribution in [0.25, 0.3) is 10.9 Å². The molecule has 0 spiro atoms. The summed E-state index contributed by atoms with van der Waals surface area (Å²) in [6.07, 6.45) is 9.95. The molecule has 4 aliphatic rings. The Labute approximate surface area is 300 Å². The van der Waals surface area contributed by atoms with Crippen molar-refractivity contribution in [2.75, 3.05) is 31.7 Å². The third-order valence-corrected chi connectivity index (χ3v) is 11.3. The highest BCUT2D eigenvalue weighted by atomic mass is 19.1. The highest BCUT2D eigenvalue weighted by molar-refractivity contribution is 6.01. The van der Waals surface area contributed by atoms with Gasteiger partial charge in [0.05, 0.1) is 12.1 Å². The Morgan fingerprint density at radius 3 is 2.43 bits per heavy atom. The lowest BCUT2D eigenvalue weighted by Crippen LogP contribution is -2.50. The fourth-order valence-electron chi connectivity index (χ4n) is 8.76. The largest absolute Gasteiger partial charge is 0.458 e. The molecule has 51 heavy (non-hydrogen) atoms. The lowest BCUT2D eigenvalue weighted by molar-refractivity contribution is -0.142. The first-order chi connectivity index (χ1) is 24.5. The Bertz CT molecular complexity index is 1540. The van der Waals surface area contributed by atoms with Gasteiger partial charge in [0.15, 0.2) is 0 Å². The molecule has 2 aromatic rings. The van der Waals surface area contributed by atoms with E-state index in [1.54, 1.807) is 26.8 Å². The number of ether oxygens (including phenoxy) is 3. The Balaban J connectivity index is 1.11. The number of fused-ring (bicyclic) bond motifs is 1. The predicted molar refractivity (Wildman–Crippen MR) is 191 cm³/mol. The summed E-state index contributed by atoms with van der Waals surface area (Å²) in [7, 11) is 0. The van der Waals surface area contributed by atoms with Crippen molar-refractivity contribution in [1.29, 1.82) is 0 Å². The van der Waals surface area contributed by atoms with Gasteiger partial charge in [-0.15, -0.1) is 0 Å². The summed E-state index contributed by atoms with van der Waals surface area (Å²) in [5.41, 5.74) is 1.01. The number of hydrogen-bond donors (Lipinski definition) is 3. The van der Waals surface area contributed by atoms with Gasteiger partial charge in [0.2, 0.25) is 11.8 Å². The minimum Gasteiger partial charge on any atom is -0.458 e. The van der Waals surface area contributed by atoms with Gasteiger partial charge in [0.1, 0.15) is 30.6 Å². The van der Waals surface area contributed by atoms with E-state index in [0.29, 0.717) is 56.1 Å². The minimum atomic E-state index is -0.699. The molecule has 0 bridgehead atoms. The Morgan fingerprint density at radius 2 is 1.75 bits per heavy atom. The first-order valence-electron chi connectivity index (χ1n) is 19.1. The number of halogens is 1. The number of carbonyl (C=O) groups is 4. The van der Waals surface area contributed by atoms with Gasteiger partial charge in [-0.25, -0.2) is 14.0 Å². The van der Waals surface area contributed by atoms with E-state index < -0.39 is 36.4 Å². The van der Waals surface area contributed by atoms with E-state index in [9.17, 15) is 23.6 Å². The van der Waals surface area contributed by atoms with Gasteiger partial charge in [0.25, 0.3) is 0 Å². The van der Waals surface area contributed by atoms with Crippen LogP contribution in [0, 0.1) is 23.7 Å². The highest BCUT2D eigenvalue weighted by Crippen LogP contribution is 2.41. The standard InChI is InChI=1S/C39H55FN4O7/c1-39(2,3)51-38(48)43-33(22-40)25-11-13-26(14-12-25)36(46)44-18-17-30(24-8-5-4-6-9-24)34(44)35(45)41-28-15-16-31-27(20-28)21-32(42-31)37(47)50-23-29-10-7-19-49-29/h15-16,20-21,24-26,29-30,33-34,42H,4-14,17-19,22-23H2,1-3H3,(H,41,45)(H,43,48)/t25?,26?,29?,30-,33?,34-/m0/s1. The summed E-state index contributed by atoms with van der Waals surface area (Å²) in [6, 6.07) is 5.97. The molecule has 4 atom stereocenters. The van der Waals surface area contributed by atoms with E-state index in [1.807, 2.05) is 23.1 Å². The Kier molecular flexibility index (Phi) is 11.9. The van der Waals surface area contributed by atoms with Crippen LogP contribution in [0.1, 0.15) is 108 Å². The zero-order valence-electron chi connectivity index (χ0n) is 30.3. The maximum Gasteiger partial charge on any atom is 0.407 e. The molecule has 3 heterocycles. The van der Waals surface area contributed by atoms with E-state index in [4.69, 9.17) is 14.2 Å². The fourth-order valence-corrected chi connectivity index (χ4v) is 8.76. The third-order valence-electron chi connectivity index (χ3n) is 11.3. The number of aromatic nitrogens is 1. The Morgan fingerprint density at radius 1 is 0.980 bits per heavy atom. The van der Waals surface area contributed by atoms with Gasteiger partial charge in [-0.05, 0) is 108 Å². The number of amides is 3. The highest BCUT2D eigenvalue weighted by Gasteiger charge is 2.47. The SMILES string of the molecule is CC(C)(C)OC(=O)NC(CF)C1CCC(C(=O)N2CC[C@@H](C3CCCCC3)[C@H]2C(=O)Nc2ccc3[nH]c(C(=O)OCC4CCCO4)cc3c2)CC1. The number of esters is 1. The number of anilines is 1. The molecule has 6 rings (SSSR count). The maximum atomic E-state index is 14.2. The number of alkyl carbamates (subject to hydrolysis) is 1. The average molecular weight is 711 g/mol. The number of hydrogen-bond acceptors (Lipinski definition) is 7. The van der Waals surface area contributed by atoms with Crippen molar-refractivity contribution in [2.45, 2.75) is 122 Å². The lowest BCUT2D eigenvalue weighted by Gasteiger charge is -2.37. The van der Waals surface area contributed by atoms with Crippen LogP contribution in [0.2, 0.25) is 0 Å². The van der Waals surface area contributed by atoms with Crippen molar-refractivity contribution in [2.24, 2.45) is 23.7 Å². The molecule has 2 aliphatic carbocycles. The molecule has 4 fully saturated rings. The van der Waals surface area contributed by atoms with E-state index in [-0.39, 0.29) is 42.3 Å². The second-order valence-electron chi connectivity index (χ2n) is 16.1. The van der Waals surface area contributed by atoms with Crippen molar-refractivity contribution in [3.8, 4) is 0 Å². The minimum absolute atomic E-state index is 0.00365. The zero-order chi connectivity index (χ0) is 36.1. The number of nitrogens with zero attached hydrogens (tertiary/aromatic N) is 1. The number of carbonyl (C=O) groups excluding carboxylic acids is 4. The van der Waals surface area contributed by atoms with Gasteiger partial charge in [-0.2, -0.15) is 0 Å². The molecule has 12 heteroatoms. The number of rotatable bonds is 10. The fraction of sp³-hybridized carbons (Fsp3) is 0.692. The maximum absolute atomic E-state index is 14.2. The van der Waals surface area contributed by atoms with E-state index in [0.717, 1.165) is 55.8 Å². The van der Waals surface area contributed by atoms with E-state index >= 15 is 0 Å². The van der Waals surface area contributed by atoms with Gasteiger partial charge in [-0.3, -0.25) is 9.59 Å². The zero-order valence-corrected chi connectivity index (χ0v) is 30.3. The molecule has 2 aliphatic heterocycles. The molecule has 2 saturated carbocycles. The van der Waals surface area contributed by atoms with Gasteiger partial charge < -0.3 is 34.7 Å². The number of alkyl halides is 1. The molecule has 2 unspecified atom stereocenters. The second kappa shape index (κ2) is 16.3. The summed E-state index contributed by atoms with van der Waals surface area (Å²) in [5.74, 6) is -0.504. The summed E-state index contributed by atoms with van der Waals surface area (Å²) in [5, 5.41) is 6.59. The molecule has 280 valence electrons. The quantitative estimate of drug-likeness (QED) is 0.228. The summed E-state index contributed by atoms with van der Waals surface area (Å²) < 4.78 is 30.4. The van der Waals surface area contributed by atoms with Gasteiger partial charge >= 0.3 is 12.1 Å². The van der Waals surface area contributed by atoms with Crippen LogP contribution in [0.15, 0.2) is 24.3 Å². The normalized spacial score (nSPS) is 26.5. The van der Waals surface area contributed by atoms with Crippen LogP contribution in [0.3, 0.4) is 0 Å². The van der Waals surface area contributed by atoms with Crippen molar-refractivity contribution in [3.63, 3.8) is 0 Å². The van der Waals surface area contributed by atoms with Crippen molar-refractivity contribution in [1.82, 2.24) is 15.2 Å². The van der Waals surface area contributed by atoms with Crippen LogP contribution in [-0.4, -0.2) is 84.0 Å². The van der Waals surface area contributed by atoms with Gasteiger partial charge in [-0.1, -0.05) is 32.1 Å². The molecule has 1 aromatic heterocycles. The predicted octanol–water partition coefficient (Wildman–Crippen LogP) is 6.91. The first-order valence-corrected chi connectivity index (χ1v) is 19.1. The average Bonchev–Trinajstić information content (AvgIpc) is 3.89. The van der Waals surface area contributed by atoms with Crippen LogP contribution in [0.4, 0.5) is 14.9 Å². The number of aromatic amines is 1. The second-order valence-corrected chi connectivity index (χ2v) is 16.1.